The molecular formula is C25H21F6N5O4S2. The summed E-state index contributed by atoms with van der Waals surface area (Å²) in [5.74, 6) is -1.59. The van der Waals surface area contributed by atoms with Crippen LogP contribution in [0.5, 0.6) is 5.75 Å². The minimum atomic E-state index is -5.00. The van der Waals surface area contributed by atoms with Gasteiger partial charge >= 0.3 is 12.4 Å². The third-order valence-electron chi connectivity index (χ3n) is 6.15. The van der Waals surface area contributed by atoms with Gasteiger partial charge in [0.15, 0.2) is 15.6 Å². The van der Waals surface area contributed by atoms with E-state index in [1.165, 1.54) is 12.3 Å². The highest BCUT2D eigenvalue weighted by Gasteiger charge is 2.37. The molecule has 1 saturated heterocycles. The third-order valence-corrected chi connectivity index (χ3v) is 8.92. The number of ether oxygens (including phenoxy) is 1. The van der Waals surface area contributed by atoms with Gasteiger partial charge in [0.25, 0.3) is 5.56 Å². The molecule has 2 N–H and O–H groups in total. The van der Waals surface area contributed by atoms with Crippen molar-refractivity contribution in [3.05, 3.63) is 58.3 Å². The number of nitrogens with one attached hydrogen (secondary N) is 2. The van der Waals surface area contributed by atoms with Gasteiger partial charge in [0.05, 0.1) is 10.5 Å². The number of rotatable bonds is 8. The van der Waals surface area contributed by atoms with Crippen molar-refractivity contribution >= 4 is 43.8 Å². The molecule has 224 valence electrons. The number of anilines is 2. The summed E-state index contributed by atoms with van der Waals surface area (Å²) < 4.78 is 109. The first-order valence-electron chi connectivity index (χ1n) is 12.3. The first-order valence-corrected chi connectivity index (χ1v) is 14.8. The van der Waals surface area contributed by atoms with Crippen molar-refractivity contribution in [3.63, 3.8) is 0 Å². The van der Waals surface area contributed by atoms with E-state index in [0.29, 0.717) is 27.3 Å². The van der Waals surface area contributed by atoms with Crippen molar-refractivity contribution in [3.8, 4) is 16.2 Å². The second kappa shape index (κ2) is 11.2. The lowest BCUT2D eigenvalue weighted by molar-refractivity contribution is -0.140. The number of hydrogen-bond acceptors (Lipinski definition) is 9. The van der Waals surface area contributed by atoms with Gasteiger partial charge in [0.1, 0.15) is 24.0 Å². The molecule has 4 aromatic rings. The quantitative estimate of drug-likeness (QED) is 0.264. The molecule has 9 nitrogen and oxygen atoms in total. The summed E-state index contributed by atoms with van der Waals surface area (Å²) >= 11 is 0.613. The molecule has 0 aliphatic carbocycles. The van der Waals surface area contributed by atoms with Gasteiger partial charge in [-0.25, -0.2) is 13.4 Å². The number of pyridine rings is 1. The van der Waals surface area contributed by atoms with Crippen molar-refractivity contribution in [2.75, 3.05) is 24.2 Å². The zero-order chi connectivity index (χ0) is 30.3. The molecule has 4 heterocycles. The van der Waals surface area contributed by atoms with Gasteiger partial charge in [-0.15, -0.1) is 11.3 Å². The molecule has 1 aliphatic heterocycles. The molecule has 5 rings (SSSR count). The second-order valence-electron chi connectivity index (χ2n) is 9.44. The van der Waals surface area contributed by atoms with Crippen LogP contribution in [0.1, 0.15) is 6.42 Å². The van der Waals surface area contributed by atoms with Crippen LogP contribution in [0.25, 0.3) is 21.5 Å². The Bertz CT molecular complexity index is 1760. The van der Waals surface area contributed by atoms with Crippen LogP contribution in [0, 0.1) is 0 Å². The van der Waals surface area contributed by atoms with Crippen LogP contribution in [-0.4, -0.2) is 60.3 Å². The maximum absolute atomic E-state index is 13.5. The minimum absolute atomic E-state index is 0.0152. The molecule has 0 spiro atoms. The zero-order valence-corrected chi connectivity index (χ0v) is 22.9. The lowest BCUT2D eigenvalue weighted by Crippen LogP contribution is -2.30. The van der Waals surface area contributed by atoms with Crippen molar-refractivity contribution in [2.45, 2.75) is 36.3 Å². The van der Waals surface area contributed by atoms with Crippen LogP contribution in [0.2, 0.25) is 0 Å². The largest absolute Gasteiger partial charge is 0.489 e. The van der Waals surface area contributed by atoms with Gasteiger partial charge in [-0.2, -0.15) is 31.3 Å². The number of sulfone groups is 1. The summed E-state index contributed by atoms with van der Waals surface area (Å²) in [6.07, 6.45) is -7.74. The number of aromatic nitrogens is 3. The van der Waals surface area contributed by atoms with Gasteiger partial charge in [-0.05, 0) is 49.4 Å². The lowest BCUT2D eigenvalue weighted by atomic mass is 10.2. The van der Waals surface area contributed by atoms with E-state index < -0.39 is 44.9 Å². The van der Waals surface area contributed by atoms with E-state index >= 15 is 0 Å². The molecule has 17 heteroatoms. The summed E-state index contributed by atoms with van der Waals surface area (Å²) in [7, 11) is -4.79. The Kier molecular flexibility index (Phi) is 7.93. The third kappa shape index (κ3) is 7.01. The van der Waals surface area contributed by atoms with E-state index in [-0.39, 0.29) is 33.5 Å². The first kappa shape index (κ1) is 29.8. The van der Waals surface area contributed by atoms with Crippen LogP contribution in [0.3, 0.4) is 0 Å². The maximum atomic E-state index is 13.5. The summed E-state index contributed by atoms with van der Waals surface area (Å²) in [5.41, 5.74) is -1.36. The first-order chi connectivity index (χ1) is 19.7. The zero-order valence-electron chi connectivity index (χ0n) is 21.3. The molecule has 0 bridgehead atoms. The van der Waals surface area contributed by atoms with Gasteiger partial charge in [0.2, 0.25) is 5.95 Å². The molecule has 0 saturated carbocycles. The fourth-order valence-electron chi connectivity index (χ4n) is 4.31. The summed E-state index contributed by atoms with van der Waals surface area (Å²) in [4.78, 5) is 20.7. The van der Waals surface area contributed by atoms with E-state index in [0.717, 1.165) is 31.0 Å². The highest BCUT2D eigenvalue weighted by Crippen LogP contribution is 2.32. The Hall–Kier alpha value is -3.70. The average molecular weight is 634 g/mol. The van der Waals surface area contributed by atoms with Gasteiger partial charge in [-0.1, -0.05) is 0 Å². The molecule has 1 atom stereocenters. The molecule has 1 aromatic carbocycles. The summed E-state index contributed by atoms with van der Waals surface area (Å²) in [5, 5.41) is 6.98. The van der Waals surface area contributed by atoms with Crippen molar-refractivity contribution in [2.24, 2.45) is 0 Å². The van der Waals surface area contributed by atoms with Crippen molar-refractivity contribution in [1.82, 2.24) is 19.9 Å². The van der Waals surface area contributed by atoms with Crippen molar-refractivity contribution < 1.29 is 39.5 Å². The lowest BCUT2D eigenvalue weighted by Gasteiger charge is -2.15. The number of alkyl halides is 6. The molecule has 42 heavy (non-hydrogen) atoms. The maximum Gasteiger partial charge on any atom is 0.406 e. The molecule has 1 aliphatic rings. The van der Waals surface area contributed by atoms with Crippen LogP contribution in [0.15, 0.2) is 57.7 Å². The highest BCUT2D eigenvalue weighted by atomic mass is 32.2. The summed E-state index contributed by atoms with van der Waals surface area (Å²) in [6.45, 7) is -0.126. The number of halogens is 6. The van der Waals surface area contributed by atoms with Gasteiger partial charge in [0, 0.05) is 34.1 Å². The van der Waals surface area contributed by atoms with E-state index in [4.69, 9.17) is 4.74 Å². The van der Waals surface area contributed by atoms with Crippen LogP contribution in [-0.2, 0) is 16.4 Å². The van der Waals surface area contributed by atoms with Gasteiger partial charge < -0.3 is 15.4 Å². The molecule has 0 amide bonds. The Labute approximate surface area is 238 Å². The van der Waals surface area contributed by atoms with Gasteiger partial charge in [-0.3, -0.25) is 9.36 Å². The highest BCUT2D eigenvalue weighted by molar-refractivity contribution is 7.91. The molecule has 0 radical (unpaired) electrons. The minimum Gasteiger partial charge on any atom is -0.489 e. The van der Waals surface area contributed by atoms with E-state index in [2.05, 4.69) is 20.6 Å². The standard InChI is InChI=1S/C25H21F6N5O4S2/c26-24(27,28)12-36-21-14(7-19(22(36)37)20-8-18(11-41-20)42(38,39)13-25(29,30)31)9-33-23(35-21)34-15-1-3-16(4-2-15)40-17-5-6-32-10-17/h1-4,7-9,11,17,32H,5-6,10,12-13H2,(H,33,34,35). The number of nitrogens with zero attached hydrogens (tertiary/aromatic N) is 3. The molecule has 3 aromatic heterocycles. The molecule has 1 fully saturated rings. The van der Waals surface area contributed by atoms with E-state index in [1.54, 1.807) is 24.3 Å². The number of benzene rings is 1. The SMILES string of the molecule is O=c1c(-c2cc(S(=O)(=O)CC(F)(F)F)cs2)cc2cnc(Nc3ccc(OC4CCNC4)cc3)nc2n1CC(F)(F)F. The van der Waals surface area contributed by atoms with E-state index in [1.807, 2.05) is 0 Å². The Morgan fingerprint density at radius 1 is 1.10 bits per heavy atom. The van der Waals surface area contributed by atoms with Crippen LogP contribution in [0.4, 0.5) is 38.0 Å². The fraction of sp³-hybridized carbons (Fsp3) is 0.320. The molecule has 1 unspecified atom stereocenters. The monoisotopic (exact) mass is 633 g/mol. The van der Waals surface area contributed by atoms with Crippen molar-refractivity contribution in [1.29, 1.82) is 0 Å². The average Bonchev–Trinajstić information content (AvgIpc) is 3.58. The Morgan fingerprint density at radius 3 is 2.48 bits per heavy atom. The summed E-state index contributed by atoms with van der Waals surface area (Å²) in [6, 6.07) is 8.75. The topological polar surface area (TPSA) is 115 Å². The Morgan fingerprint density at radius 2 is 1.83 bits per heavy atom. The predicted molar refractivity (Wildman–Crippen MR) is 143 cm³/mol. The predicted octanol–water partition coefficient (Wildman–Crippen LogP) is 4.90. The van der Waals surface area contributed by atoms with E-state index in [9.17, 15) is 39.6 Å². The molecular weight excluding hydrogens is 612 g/mol. The number of hydrogen-bond donors (Lipinski definition) is 2. The second-order valence-corrected chi connectivity index (χ2v) is 12.3. The van der Waals surface area contributed by atoms with Crippen LogP contribution < -0.4 is 20.9 Å². The smallest absolute Gasteiger partial charge is 0.406 e. The number of thiophene rings is 1. The Balaban J connectivity index is 1.48. The van der Waals surface area contributed by atoms with Crippen LogP contribution >= 0.6 is 11.3 Å². The fourth-order valence-corrected chi connectivity index (χ4v) is 6.79. The number of fused-ring (bicyclic) bond motifs is 1. The normalized spacial score (nSPS) is 16.2.